The van der Waals surface area contributed by atoms with E-state index in [1.807, 2.05) is 31.1 Å². The molecule has 1 aromatic carbocycles. The fourth-order valence-corrected chi connectivity index (χ4v) is 1.69. The lowest BCUT2D eigenvalue weighted by Gasteiger charge is -2.23. The van der Waals surface area contributed by atoms with E-state index >= 15 is 0 Å². The smallest absolute Gasteiger partial charge is 0.179 e. The second-order valence-corrected chi connectivity index (χ2v) is 4.50. The number of hydrogen-bond donors (Lipinski definition) is 0. The molecule has 0 amide bonds. The van der Waals surface area contributed by atoms with Crippen molar-refractivity contribution in [3.8, 4) is 0 Å². The summed E-state index contributed by atoms with van der Waals surface area (Å²) in [6.07, 6.45) is 0. The summed E-state index contributed by atoms with van der Waals surface area (Å²) in [4.78, 5) is 13.9. The van der Waals surface area contributed by atoms with Crippen LogP contribution in [0.4, 0.5) is 0 Å². The molecular formula is C13H16ClNO. The van der Waals surface area contributed by atoms with Crippen molar-refractivity contribution in [1.82, 2.24) is 4.90 Å². The molecule has 0 N–H and O–H groups in total. The standard InChI is InChI=1S/C13H16ClNO/c1-9(2)13(16)12(15(3)4)10-5-7-11(14)8-6-10/h5-8,12H,1H2,2-4H3. The number of hydrogen-bond acceptors (Lipinski definition) is 2. The number of benzene rings is 1. The molecule has 0 bridgehead atoms. The van der Waals surface area contributed by atoms with Crippen LogP contribution >= 0.6 is 11.6 Å². The van der Waals surface area contributed by atoms with Crippen LogP contribution in [0.2, 0.25) is 5.02 Å². The molecule has 1 aromatic rings. The monoisotopic (exact) mass is 237 g/mol. The first-order valence-electron chi connectivity index (χ1n) is 5.05. The van der Waals surface area contributed by atoms with Crippen LogP contribution in [0.3, 0.4) is 0 Å². The molecule has 1 rings (SSSR count). The van der Waals surface area contributed by atoms with Crippen LogP contribution in [-0.2, 0) is 4.79 Å². The number of carbonyl (C=O) groups excluding carboxylic acids is 1. The molecule has 3 heteroatoms. The lowest BCUT2D eigenvalue weighted by Crippen LogP contribution is -2.28. The third-order valence-corrected chi connectivity index (χ3v) is 2.62. The van der Waals surface area contributed by atoms with Crippen molar-refractivity contribution in [3.05, 3.63) is 47.0 Å². The Morgan fingerprint density at radius 3 is 2.19 bits per heavy atom. The predicted octanol–water partition coefficient (Wildman–Crippen LogP) is 3.09. The highest BCUT2D eigenvalue weighted by Gasteiger charge is 2.22. The van der Waals surface area contributed by atoms with Gasteiger partial charge >= 0.3 is 0 Å². The van der Waals surface area contributed by atoms with Crippen molar-refractivity contribution in [1.29, 1.82) is 0 Å². The molecule has 86 valence electrons. The Balaban J connectivity index is 3.08. The maximum Gasteiger partial charge on any atom is 0.179 e. The highest BCUT2D eigenvalue weighted by Crippen LogP contribution is 2.23. The van der Waals surface area contributed by atoms with Crippen LogP contribution in [0, 0.1) is 0 Å². The first-order chi connectivity index (χ1) is 7.43. The first kappa shape index (κ1) is 12.9. The van der Waals surface area contributed by atoms with Gasteiger partial charge in [-0.2, -0.15) is 0 Å². The van der Waals surface area contributed by atoms with Crippen LogP contribution in [0.1, 0.15) is 18.5 Å². The second-order valence-electron chi connectivity index (χ2n) is 4.06. The molecule has 0 aliphatic rings. The molecule has 1 unspecified atom stereocenters. The van der Waals surface area contributed by atoms with Gasteiger partial charge < -0.3 is 0 Å². The largest absolute Gasteiger partial charge is 0.296 e. The summed E-state index contributed by atoms with van der Waals surface area (Å²) < 4.78 is 0. The topological polar surface area (TPSA) is 20.3 Å². The van der Waals surface area contributed by atoms with E-state index in [1.165, 1.54) is 0 Å². The summed E-state index contributed by atoms with van der Waals surface area (Å²) in [6, 6.07) is 7.04. The average molecular weight is 238 g/mol. The lowest BCUT2D eigenvalue weighted by atomic mass is 9.98. The van der Waals surface area contributed by atoms with Gasteiger partial charge in [-0.25, -0.2) is 0 Å². The van der Waals surface area contributed by atoms with Crippen molar-refractivity contribution in [2.45, 2.75) is 13.0 Å². The van der Waals surface area contributed by atoms with Crippen molar-refractivity contribution >= 4 is 17.4 Å². The van der Waals surface area contributed by atoms with Gasteiger partial charge in [0.15, 0.2) is 5.78 Å². The molecular weight excluding hydrogens is 222 g/mol. The Bertz CT molecular complexity index is 395. The van der Waals surface area contributed by atoms with Gasteiger partial charge in [0.25, 0.3) is 0 Å². The Morgan fingerprint density at radius 2 is 1.81 bits per heavy atom. The molecule has 16 heavy (non-hydrogen) atoms. The minimum Gasteiger partial charge on any atom is -0.296 e. The quantitative estimate of drug-likeness (QED) is 0.750. The molecule has 0 aliphatic heterocycles. The van der Waals surface area contributed by atoms with E-state index in [0.717, 1.165) is 5.56 Å². The van der Waals surface area contributed by atoms with Crippen LogP contribution < -0.4 is 0 Å². The summed E-state index contributed by atoms with van der Waals surface area (Å²) in [5, 5.41) is 0.670. The number of ketones is 1. The minimum absolute atomic E-state index is 0.0346. The summed E-state index contributed by atoms with van der Waals surface area (Å²) in [7, 11) is 3.75. The van der Waals surface area contributed by atoms with Gasteiger partial charge in [0.05, 0.1) is 6.04 Å². The Labute approximate surface area is 102 Å². The number of carbonyl (C=O) groups is 1. The number of rotatable bonds is 4. The van der Waals surface area contributed by atoms with Crippen LogP contribution in [0.5, 0.6) is 0 Å². The summed E-state index contributed by atoms with van der Waals surface area (Å²) in [5.74, 6) is 0.0346. The van der Waals surface area contributed by atoms with E-state index in [1.54, 1.807) is 19.1 Å². The molecule has 0 radical (unpaired) electrons. The third kappa shape index (κ3) is 2.94. The maximum absolute atomic E-state index is 12.0. The number of halogens is 1. The van der Waals surface area contributed by atoms with Gasteiger partial charge in [-0.1, -0.05) is 30.3 Å². The van der Waals surface area contributed by atoms with Gasteiger partial charge in [0.2, 0.25) is 0 Å². The van der Waals surface area contributed by atoms with Crippen LogP contribution in [-0.4, -0.2) is 24.8 Å². The number of likely N-dealkylation sites (N-methyl/N-ethyl adjacent to an activating group) is 1. The third-order valence-electron chi connectivity index (χ3n) is 2.37. The summed E-state index contributed by atoms with van der Waals surface area (Å²) in [6.45, 7) is 5.43. The van der Waals surface area contributed by atoms with Gasteiger partial charge in [-0.05, 0) is 44.3 Å². The zero-order chi connectivity index (χ0) is 12.3. The minimum atomic E-state index is -0.283. The van der Waals surface area contributed by atoms with Gasteiger partial charge in [0, 0.05) is 5.02 Å². The van der Waals surface area contributed by atoms with E-state index in [9.17, 15) is 4.79 Å². The van der Waals surface area contributed by atoms with E-state index in [2.05, 4.69) is 6.58 Å². The molecule has 1 atom stereocenters. The molecule has 0 spiro atoms. The van der Waals surface area contributed by atoms with E-state index in [-0.39, 0.29) is 11.8 Å². The SMILES string of the molecule is C=C(C)C(=O)C(c1ccc(Cl)cc1)N(C)C. The zero-order valence-electron chi connectivity index (χ0n) is 9.83. The Hall–Kier alpha value is -1.12. The molecule has 0 heterocycles. The Morgan fingerprint density at radius 1 is 1.31 bits per heavy atom. The number of nitrogens with zero attached hydrogens (tertiary/aromatic N) is 1. The zero-order valence-corrected chi connectivity index (χ0v) is 10.6. The molecule has 0 aromatic heterocycles. The van der Waals surface area contributed by atoms with Crippen molar-refractivity contribution in [2.24, 2.45) is 0 Å². The fraction of sp³-hybridized carbons (Fsp3) is 0.308. The van der Waals surface area contributed by atoms with Gasteiger partial charge in [0.1, 0.15) is 0 Å². The van der Waals surface area contributed by atoms with Crippen LogP contribution in [0.15, 0.2) is 36.4 Å². The Kier molecular flexibility index (Phi) is 4.27. The molecule has 0 saturated heterocycles. The summed E-state index contributed by atoms with van der Waals surface area (Å²) in [5.41, 5.74) is 1.50. The highest BCUT2D eigenvalue weighted by atomic mass is 35.5. The molecule has 2 nitrogen and oxygen atoms in total. The number of Topliss-reactive ketones (excluding diaryl/α,β-unsaturated/α-hetero) is 1. The normalized spacial score (nSPS) is 12.6. The average Bonchev–Trinajstić information content (AvgIpc) is 2.20. The first-order valence-corrected chi connectivity index (χ1v) is 5.43. The maximum atomic E-state index is 12.0. The molecule has 0 aliphatic carbocycles. The highest BCUT2D eigenvalue weighted by molar-refractivity contribution is 6.30. The van der Waals surface area contributed by atoms with Gasteiger partial charge in [-0.3, -0.25) is 9.69 Å². The van der Waals surface area contributed by atoms with E-state index in [4.69, 9.17) is 11.6 Å². The second kappa shape index (κ2) is 5.28. The van der Waals surface area contributed by atoms with E-state index in [0.29, 0.717) is 10.6 Å². The van der Waals surface area contributed by atoms with Crippen molar-refractivity contribution < 1.29 is 4.79 Å². The van der Waals surface area contributed by atoms with Crippen molar-refractivity contribution in [3.63, 3.8) is 0 Å². The van der Waals surface area contributed by atoms with Crippen molar-refractivity contribution in [2.75, 3.05) is 14.1 Å². The molecule has 0 saturated carbocycles. The molecule has 0 fully saturated rings. The predicted molar refractivity (Wildman–Crippen MR) is 67.7 cm³/mol. The van der Waals surface area contributed by atoms with E-state index < -0.39 is 0 Å². The van der Waals surface area contributed by atoms with Gasteiger partial charge in [-0.15, -0.1) is 0 Å². The lowest BCUT2D eigenvalue weighted by molar-refractivity contribution is -0.119. The van der Waals surface area contributed by atoms with Crippen LogP contribution in [0.25, 0.3) is 0 Å². The summed E-state index contributed by atoms with van der Waals surface area (Å²) >= 11 is 5.82. The fourth-order valence-electron chi connectivity index (χ4n) is 1.56.